The molecule has 3 aromatic carbocycles. The first-order chi connectivity index (χ1) is 15.4. The molecule has 0 amide bonds. The van der Waals surface area contributed by atoms with Crippen molar-refractivity contribution in [2.45, 2.75) is 26.0 Å². The normalized spacial score (nSPS) is 11.2. The van der Waals surface area contributed by atoms with Crippen molar-refractivity contribution in [3.63, 3.8) is 0 Å². The highest BCUT2D eigenvalue weighted by molar-refractivity contribution is 6.27. The molecule has 1 unspecified atom stereocenters. The van der Waals surface area contributed by atoms with Crippen LogP contribution in [0.25, 0.3) is 0 Å². The number of carbonyl (C=O) groups is 2. The Morgan fingerprint density at radius 1 is 0.844 bits per heavy atom. The van der Waals surface area contributed by atoms with Gasteiger partial charge in [0.05, 0.1) is 0 Å². The van der Waals surface area contributed by atoms with Crippen LogP contribution in [0.4, 0.5) is 0 Å². The minimum atomic E-state index is -1.82. The number of rotatable bonds is 8. The Balaban J connectivity index is 0.000000534. The first kappa shape index (κ1) is 24.6. The molecule has 0 radical (unpaired) electrons. The van der Waals surface area contributed by atoms with Gasteiger partial charge in [-0.05, 0) is 36.7 Å². The minimum absolute atomic E-state index is 0.0514. The second-order valence-electron chi connectivity index (χ2n) is 7.41. The van der Waals surface area contributed by atoms with Crippen molar-refractivity contribution >= 4 is 11.9 Å². The maximum Gasteiger partial charge on any atom is 0.414 e. The smallest absolute Gasteiger partial charge is 0.414 e. The van der Waals surface area contributed by atoms with E-state index in [1.54, 1.807) is 0 Å². The molecule has 32 heavy (non-hydrogen) atoms. The number of para-hydroxylation sites is 1. The van der Waals surface area contributed by atoms with Crippen LogP contribution in [-0.4, -0.2) is 40.6 Å². The monoisotopic (exact) mass is 435 g/mol. The highest BCUT2D eigenvalue weighted by atomic mass is 16.5. The van der Waals surface area contributed by atoms with Gasteiger partial charge in [0.2, 0.25) is 0 Å². The van der Waals surface area contributed by atoms with E-state index in [0.717, 1.165) is 25.3 Å². The van der Waals surface area contributed by atoms with Gasteiger partial charge in [-0.2, -0.15) is 0 Å². The Morgan fingerprint density at radius 3 is 1.94 bits per heavy atom. The number of benzene rings is 3. The molecule has 0 aromatic heterocycles. The zero-order chi connectivity index (χ0) is 23.3. The molecule has 0 spiro atoms. The molecular weight excluding hydrogens is 406 g/mol. The summed E-state index contributed by atoms with van der Waals surface area (Å²) in [5, 5.41) is 14.8. The van der Waals surface area contributed by atoms with E-state index in [1.165, 1.54) is 16.7 Å². The van der Waals surface area contributed by atoms with Crippen LogP contribution in [0.1, 0.15) is 29.2 Å². The average molecular weight is 436 g/mol. The van der Waals surface area contributed by atoms with E-state index in [2.05, 4.69) is 91.7 Å². The zero-order valence-electron chi connectivity index (χ0n) is 18.3. The van der Waals surface area contributed by atoms with Gasteiger partial charge < -0.3 is 19.8 Å². The third-order valence-corrected chi connectivity index (χ3v) is 4.79. The number of aliphatic carboxylic acids is 2. The van der Waals surface area contributed by atoms with Gasteiger partial charge in [-0.3, -0.25) is 0 Å². The molecule has 3 aromatic rings. The van der Waals surface area contributed by atoms with Crippen molar-refractivity contribution in [1.82, 2.24) is 4.90 Å². The fourth-order valence-corrected chi connectivity index (χ4v) is 3.12. The molecular formula is C26H29NO5. The first-order valence-corrected chi connectivity index (χ1v) is 10.3. The van der Waals surface area contributed by atoms with Gasteiger partial charge in [-0.25, -0.2) is 9.59 Å². The summed E-state index contributed by atoms with van der Waals surface area (Å²) in [5.74, 6) is -2.68. The summed E-state index contributed by atoms with van der Waals surface area (Å²) in [6, 6.07) is 29.4. The van der Waals surface area contributed by atoms with Crippen molar-refractivity contribution in [3.8, 4) is 5.75 Å². The van der Waals surface area contributed by atoms with Crippen LogP contribution in [-0.2, 0) is 16.1 Å². The van der Waals surface area contributed by atoms with E-state index >= 15 is 0 Å². The Kier molecular flexibility index (Phi) is 9.94. The van der Waals surface area contributed by atoms with Crippen molar-refractivity contribution < 1.29 is 24.5 Å². The van der Waals surface area contributed by atoms with Gasteiger partial charge in [0.1, 0.15) is 11.9 Å². The topological polar surface area (TPSA) is 87.1 Å². The number of hydrogen-bond donors (Lipinski definition) is 2. The number of carboxylic acids is 2. The van der Waals surface area contributed by atoms with E-state index in [-0.39, 0.29) is 6.10 Å². The van der Waals surface area contributed by atoms with Gasteiger partial charge in [0.25, 0.3) is 0 Å². The number of hydrogen-bond acceptors (Lipinski definition) is 4. The summed E-state index contributed by atoms with van der Waals surface area (Å²) in [4.78, 5) is 20.6. The van der Waals surface area contributed by atoms with Crippen molar-refractivity contribution in [2.24, 2.45) is 0 Å². The van der Waals surface area contributed by atoms with Crippen LogP contribution in [0.5, 0.6) is 5.75 Å². The molecule has 0 aliphatic heterocycles. The van der Waals surface area contributed by atoms with Gasteiger partial charge >= 0.3 is 11.9 Å². The molecule has 0 fully saturated rings. The molecule has 0 heterocycles. The molecule has 0 aliphatic rings. The van der Waals surface area contributed by atoms with E-state index in [0.29, 0.717) is 0 Å². The largest absolute Gasteiger partial charge is 0.485 e. The summed E-state index contributed by atoms with van der Waals surface area (Å²) in [7, 11) is 2.17. The Labute approximate surface area is 188 Å². The molecule has 168 valence electrons. The lowest BCUT2D eigenvalue weighted by Crippen LogP contribution is -2.22. The predicted molar refractivity (Wildman–Crippen MR) is 124 cm³/mol. The lowest BCUT2D eigenvalue weighted by Gasteiger charge is -2.24. The molecule has 3 rings (SSSR count). The van der Waals surface area contributed by atoms with Gasteiger partial charge in [0, 0.05) is 19.5 Å². The van der Waals surface area contributed by atoms with Crippen molar-refractivity contribution in [1.29, 1.82) is 0 Å². The van der Waals surface area contributed by atoms with Crippen LogP contribution in [0.3, 0.4) is 0 Å². The Hall–Kier alpha value is -3.64. The number of aryl methyl sites for hydroxylation is 1. The zero-order valence-corrected chi connectivity index (χ0v) is 18.3. The molecule has 0 saturated heterocycles. The Morgan fingerprint density at radius 2 is 1.38 bits per heavy atom. The van der Waals surface area contributed by atoms with Crippen LogP contribution in [0.2, 0.25) is 0 Å². The summed E-state index contributed by atoms with van der Waals surface area (Å²) < 4.78 is 6.41. The third-order valence-electron chi connectivity index (χ3n) is 4.79. The third kappa shape index (κ3) is 8.62. The lowest BCUT2D eigenvalue weighted by atomic mass is 10.1. The van der Waals surface area contributed by atoms with E-state index in [9.17, 15) is 0 Å². The molecule has 6 heteroatoms. The second kappa shape index (κ2) is 12.9. The number of nitrogens with zero attached hydrogens (tertiary/aromatic N) is 1. The molecule has 2 N–H and O–H groups in total. The maximum atomic E-state index is 9.10. The van der Waals surface area contributed by atoms with Crippen LogP contribution in [0.15, 0.2) is 84.9 Å². The predicted octanol–water partition coefficient (Wildman–Crippen LogP) is 4.79. The Bertz CT molecular complexity index is 964. The summed E-state index contributed by atoms with van der Waals surface area (Å²) >= 11 is 0. The van der Waals surface area contributed by atoms with Crippen molar-refractivity contribution in [2.75, 3.05) is 13.6 Å². The number of carboxylic acid groups (broad SMARTS) is 2. The quantitative estimate of drug-likeness (QED) is 0.495. The highest BCUT2D eigenvalue weighted by Crippen LogP contribution is 2.27. The lowest BCUT2D eigenvalue weighted by molar-refractivity contribution is -0.159. The molecule has 0 saturated carbocycles. The van der Waals surface area contributed by atoms with E-state index in [4.69, 9.17) is 24.5 Å². The SMILES string of the molecule is Cc1ccccc1OC(CCN(C)Cc1ccccc1)c1ccccc1.O=C(O)C(=O)O. The molecule has 0 aliphatic carbocycles. The van der Waals surface area contributed by atoms with Crippen LogP contribution >= 0.6 is 0 Å². The molecule has 1 atom stereocenters. The van der Waals surface area contributed by atoms with Gasteiger partial charge in [-0.1, -0.05) is 78.9 Å². The summed E-state index contributed by atoms with van der Waals surface area (Å²) in [6.07, 6.45) is 0.998. The summed E-state index contributed by atoms with van der Waals surface area (Å²) in [5.41, 5.74) is 3.74. The standard InChI is InChI=1S/C24H27NO.C2H2O4/c1-20-11-9-10-16-23(20)26-24(22-14-7-4-8-15-22)17-18-25(2)19-21-12-5-3-6-13-21;3-1(4)2(5)6/h3-16,24H,17-19H2,1-2H3;(H,3,4)(H,5,6). The first-order valence-electron chi connectivity index (χ1n) is 10.3. The fourth-order valence-electron chi connectivity index (χ4n) is 3.12. The van der Waals surface area contributed by atoms with Crippen molar-refractivity contribution in [3.05, 3.63) is 102 Å². The second-order valence-corrected chi connectivity index (χ2v) is 7.41. The average Bonchev–Trinajstić information content (AvgIpc) is 2.79. The summed E-state index contributed by atoms with van der Waals surface area (Å²) in [6.45, 7) is 4.02. The molecule has 6 nitrogen and oxygen atoms in total. The van der Waals surface area contributed by atoms with E-state index in [1.807, 2.05) is 12.1 Å². The van der Waals surface area contributed by atoms with E-state index < -0.39 is 11.9 Å². The maximum absolute atomic E-state index is 9.10. The van der Waals surface area contributed by atoms with Crippen LogP contribution < -0.4 is 4.74 Å². The fraction of sp³-hybridized carbons (Fsp3) is 0.231. The van der Waals surface area contributed by atoms with Gasteiger partial charge in [-0.15, -0.1) is 0 Å². The van der Waals surface area contributed by atoms with Gasteiger partial charge in [0.15, 0.2) is 0 Å². The number of ether oxygens (including phenoxy) is 1. The minimum Gasteiger partial charge on any atom is -0.485 e. The molecule has 0 bridgehead atoms. The van der Waals surface area contributed by atoms with Crippen LogP contribution in [0, 0.1) is 6.92 Å². The highest BCUT2D eigenvalue weighted by Gasteiger charge is 2.15.